The van der Waals surface area contributed by atoms with E-state index in [0.717, 1.165) is 0 Å². The first-order valence-corrected chi connectivity index (χ1v) is 8.75. The Bertz CT molecular complexity index is 899. The molecule has 0 aliphatic carbocycles. The lowest BCUT2D eigenvalue weighted by molar-refractivity contribution is 0.0694. The summed E-state index contributed by atoms with van der Waals surface area (Å²) in [6.45, 7) is 1.62. The lowest BCUT2D eigenvalue weighted by Crippen LogP contribution is -2.26. The minimum absolute atomic E-state index is 0.0532. The predicted molar refractivity (Wildman–Crippen MR) is 88.9 cm³/mol. The van der Waals surface area contributed by atoms with Crippen molar-refractivity contribution in [1.82, 2.24) is 9.62 Å². The van der Waals surface area contributed by atoms with Crippen LogP contribution in [0.4, 0.5) is 0 Å². The average molecular weight is 366 g/mol. The zero-order valence-electron chi connectivity index (χ0n) is 13.9. The van der Waals surface area contributed by atoms with Crippen molar-refractivity contribution in [3.05, 3.63) is 53.0 Å². The Balaban J connectivity index is 2.15. The molecule has 1 aromatic heterocycles. The van der Waals surface area contributed by atoms with Crippen molar-refractivity contribution < 1.29 is 27.5 Å². The van der Waals surface area contributed by atoms with Crippen LogP contribution in [0.2, 0.25) is 0 Å². The number of amides is 1. The molecule has 2 N–H and O–H groups in total. The topological polar surface area (TPSA) is 117 Å². The van der Waals surface area contributed by atoms with E-state index in [9.17, 15) is 18.0 Å². The van der Waals surface area contributed by atoms with Crippen LogP contribution in [-0.4, -0.2) is 44.4 Å². The van der Waals surface area contributed by atoms with Crippen molar-refractivity contribution in [2.45, 2.75) is 18.4 Å². The zero-order valence-corrected chi connectivity index (χ0v) is 14.8. The summed E-state index contributed by atoms with van der Waals surface area (Å²) in [5.74, 6) is -0.827. The van der Waals surface area contributed by atoms with Gasteiger partial charge >= 0.3 is 5.97 Å². The molecule has 1 aromatic carbocycles. The van der Waals surface area contributed by atoms with Crippen LogP contribution in [-0.2, 0) is 16.6 Å². The van der Waals surface area contributed by atoms with E-state index in [4.69, 9.17) is 9.52 Å². The van der Waals surface area contributed by atoms with Crippen molar-refractivity contribution in [3.63, 3.8) is 0 Å². The average Bonchev–Trinajstić information content (AvgIpc) is 2.94. The van der Waals surface area contributed by atoms with Crippen LogP contribution in [0.1, 0.15) is 32.2 Å². The SMILES string of the molecule is CNS(=O)(=O)c1ccc(C(=O)N(C)Cc2cc(C(=O)O)c(C)o2)cc1. The van der Waals surface area contributed by atoms with Crippen LogP contribution in [0, 0.1) is 6.92 Å². The van der Waals surface area contributed by atoms with Gasteiger partial charge in [0.1, 0.15) is 17.1 Å². The Morgan fingerprint density at radius 1 is 1.24 bits per heavy atom. The van der Waals surface area contributed by atoms with E-state index in [0.29, 0.717) is 11.3 Å². The van der Waals surface area contributed by atoms with Crippen LogP contribution in [0.3, 0.4) is 0 Å². The summed E-state index contributed by atoms with van der Waals surface area (Å²) >= 11 is 0. The fourth-order valence-electron chi connectivity index (χ4n) is 2.25. The van der Waals surface area contributed by atoms with Crippen molar-refractivity contribution in [1.29, 1.82) is 0 Å². The summed E-state index contributed by atoms with van der Waals surface area (Å²) < 4.78 is 30.9. The molecule has 8 nitrogen and oxygen atoms in total. The molecule has 0 unspecified atom stereocenters. The van der Waals surface area contributed by atoms with Crippen LogP contribution < -0.4 is 4.72 Å². The molecule has 0 aliphatic rings. The standard InChI is InChI=1S/C16H18N2O6S/c1-10-14(16(20)21)8-12(24-10)9-18(3)15(19)11-4-6-13(7-5-11)25(22,23)17-2/h4-8,17H,9H2,1-3H3,(H,20,21). The molecular weight excluding hydrogens is 348 g/mol. The van der Waals surface area contributed by atoms with E-state index < -0.39 is 16.0 Å². The molecule has 0 atom stereocenters. The molecule has 9 heteroatoms. The van der Waals surface area contributed by atoms with Gasteiger partial charge in [0.05, 0.1) is 11.4 Å². The zero-order chi connectivity index (χ0) is 18.8. The highest BCUT2D eigenvalue weighted by atomic mass is 32.2. The highest BCUT2D eigenvalue weighted by Crippen LogP contribution is 2.17. The summed E-state index contributed by atoms with van der Waals surface area (Å²) in [6, 6.07) is 6.89. The summed E-state index contributed by atoms with van der Waals surface area (Å²) in [6.07, 6.45) is 0. The Morgan fingerprint density at radius 2 is 1.84 bits per heavy atom. The van der Waals surface area contributed by atoms with Gasteiger partial charge in [0.15, 0.2) is 0 Å². The van der Waals surface area contributed by atoms with E-state index in [2.05, 4.69) is 4.72 Å². The van der Waals surface area contributed by atoms with E-state index in [1.54, 1.807) is 7.05 Å². The molecular formula is C16H18N2O6S. The van der Waals surface area contributed by atoms with Crippen molar-refractivity contribution in [3.8, 4) is 0 Å². The number of carbonyl (C=O) groups excluding carboxylic acids is 1. The molecule has 25 heavy (non-hydrogen) atoms. The predicted octanol–water partition coefficient (Wildman–Crippen LogP) is 1.47. The van der Waals surface area contributed by atoms with Crippen LogP contribution in [0.15, 0.2) is 39.6 Å². The number of carbonyl (C=O) groups is 2. The Hall–Kier alpha value is -2.65. The molecule has 1 heterocycles. The number of nitrogens with zero attached hydrogens (tertiary/aromatic N) is 1. The maximum Gasteiger partial charge on any atom is 0.339 e. The van der Waals surface area contributed by atoms with Gasteiger partial charge in [-0.1, -0.05) is 0 Å². The molecule has 0 radical (unpaired) electrons. The van der Waals surface area contributed by atoms with Gasteiger partial charge in [-0.15, -0.1) is 0 Å². The molecule has 0 bridgehead atoms. The molecule has 0 saturated heterocycles. The second-order valence-corrected chi connectivity index (χ2v) is 7.27. The maximum absolute atomic E-state index is 12.4. The van der Waals surface area contributed by atoms with Gasteiger partial charge in [-0.3, -0.25) is 4.79 Å². The first-order chi connectivity index (χ1) is 11.7. The minimum Gasteiger partial charge on any atom is -0.478 e. The molecule has 2 rings (SSSR count). The first-order valence-electron chi connectivity index (χ1n) is 7.27. The smallest absolute Gasteiger partial charge is 0.339 e. The van der Waals surface area contributed by atoms with Gasteiger partial charge in [0.2, 0.25) is 10.0 Å². The van der Waals surface area contributed by atoms with Gasteiger partial charge in [0, 0.05) is 12.6 Å². The number of benzene rings is 1. The quantitative estimate of drug-likeness (QED) is 0.799. The number of carboxylic acids is 1. The van der Waals surface area contributed by atoms with Crippen LogP contribution >= 0.6 is 0 Å². The monoisotopic (exact) mass is 366 g/mol. The Kier molecular flexibility index (Phi) is 5.29. The van der Waals surface area contributed by atoms with Gasteiger partial charge in [-0.2, -0.15) is 0 Å². The number of hydrogen-bond donors (Lipinski definition) is 2. The first kappa shape index (κ1) is 18.7. The van der Waals surface area contributed by atoms with Crippen LogP contribution in [0.25, 0.3) is 0 Å². The molecule has 0 saturated carbocycles. The van der Waals surface area contributed by atoms with E-state index in [-0.39, 0.29) is 28.7 Å². The van der Waals surface area contributed by atoms with Crippen molar-refractivity contribution >= 4 is 21.9 Å². The number of rotatable bonds is 6. The normalized spacial score (nSPS) is 11.3. The second-order valence-electron chi connectivity index (χ2n) is 5.38. The summed E-state index contributed by atoms with van der Waals surface area (Å²) in [7, 11) is -0.720. The third kappa shape index (κ3) is 4.06. The largest absolute Gasteiger partial charge is 0.478 e. The highest BCUT2D eigenvalue weighted by Gasteiger charge is 2.18. The van der Waals surface area contributed by atoms with E-state index in [1.807, 2.05) is 0 Å². The molecule has 2 aromatic rings. The molecule has 0 aliphatic heterocycles. The molecule has 134 valence electrons. The third-order valence-corrected chi connectivity index (χ3v) is 5.05. The lowest BCUT2D eigenvalue weighted by Gasteiger charge is -2.16. The van der Waals surface area contributed by atoms with Gasteiger partial charge in [-0.25, -0.2) is 17.9 Å². The Morgan fingerprint density at radius 3 is 2.32 bits per heavy atom. The minimum atomic E-state index is -3.57. The fraction of sp³-hybridized carbons (Fsp3) is 0.250. The number of sulfonamides is 1. The number of hydrogen-bond acceptors (Lipinski definition) is 5. The van der Waals surface area contributed by atoms with Gasteiger partial charge < -0.3 is 14.4 Å². The summed E-state index contributed by atoms with van der Waals surface area (Å²) in [5, 5.41) is 9.02. The van der Waals surface area contributed by atoms with E-state index >= 15 is 0 Å². The number of aromatic carboxylic acids is 1. The van der Waals surface area contributed by atoms with E-state index in [1.165, 1.54) is 49.2 Å². The number of aryl methyl sites for hydroxylation is 1. The maximum atomic E-state index is 12.4. The summed E-state index contributed by atoms with van der Waals surface area (Å²) in [4.78, 5) is 24.8. The van der Waals surface area contributed by atoms with Crippen molar-refractivity contribution in [2.24, 2.45) is 0 Å². The highest BCUT2D eigenvalue weighted by molar-refractivity contribution is 7.89. The second kappa shape index (κ2) is 7.08. The van der Waals surface area contributed by atoms with Gasteiger partial charge in [0.25, 0.3) is 5.91 Å². The molecule has 0 fully saturated rings. The molecule has 0 spiro atoms. The number of nitrogens with one attached hydrogen (secondary N) is 1. The summed E-state index contributed by atoms with van der Waals surface area (Å²) in [5.41, 5.74) is 0.358. The van der Waals surface area contributed by atoms with Crippen molar-refractivity contribution in [2.75, 3.05) is 14.1 Å². The fourth-order valence-corrected chi connectivity index (χ4v) is 2.98. The van der Waals surface area contributed by atoms with Gasteiger partial charge in [-0.05, 0) is 44.3 Å². The van der Waals surface area contributed by atoms with Crippen LogP contribution in [0.5, 0.6) is 0 Å². The number of carboxylic acid groups (broad SMARTS) is 1. The lowest BCUT2D eigenvalue weighted by atomic mass is 10.2. The number of furan rings is 1. The Labute approximate surface area is 145 Å². The molecule has 1 amide bonds. The third-order valence-electron chi connectivity index (χ3n) is 3.62.